The minimum Gasteiger partial charge on any atom is -1.00 e. The van der Waals surface area contributed by atoms with Crippen LogP contribution in [0.4, 0.5) is 5.69 Å². The van der Waals surface area contributed by atoms with Gasteiger partial charge in [0.1, 0.15) is 5.69 Å². The summed E-state index contributed by atoms with van der Waals surface area (Å²) >= 11 is 0. The van der Waals surface area contributed by atoms with Crippen LogP contribution in [0, 0.1) is 0 Å². The fourth-order valence-corrected chi connectivity index (χ4v) is 18.1. The smallest absolute Gasteiger partial charge is 0.504 e. The molecule has 0 saturated heterocycles. The van der Waals surface area contributed by atoms with Crippen LogP contribution in [-0.4, -0.2) is 237 Å². The van der Waals surface area contributed by atoms with E-state index in [9.17, 15) is 0 Å². The van der Waals surface area contributed by atoms with Gasteiger partial charge in [-0.1, -0.05) is 180 Å². The van der Waals surface area contributed by atoms with E-state index in [1.165, 1.54) is 204 Å². The summed E-state index contributed by atoms with van der Waals surface area (Å²) in [6.07, 6.45) is 43.1. The van der Waals surface area contributed by atoms with Gasteiger partial charge in [-0.15, -0.1) is 12.4 Å². The largest absolute Gasteiger partial charge is 1.00 e. The topological polar surface area (TPSA) is 111 Å². The van der Waals surface area contributed by atoms with Gasteiger partial charge in [-0.25, -0.2) is 0 Å². The molecule has 0 aromatic heterocycles. The summed E-state index contributed by atoms with van der Waals surface area (Å²) in [5.41, 5.74) is 2.43. The van der Waals surface area contributed by atoms with Gasteiger partial charge in [0, 0.05) is 135 Å². The van der Waals surface area contributed by atoms with Crippen LogP contribution in [0.2, 0.25) is 18.1 Å². The first-order valence-electron chi connectivity index (χ1n) is 35.6. The number of nitrogens with zero attached hydrogens (tertiary/aromatic N) is 4. The Morgan fingerprint density at radius 2 is 0.511 bits per heavy atom. The standard InChI is InChI=1S/C26H58NO3Si.C22H50NO3Si.C13H24NO3Si.C9H24NO3Si.4ClH/c1-7-8-9-10-11-12-13-14-15-16-17-18-19-20-21-22-24-27(2,3)25-23-26-31(28-4,29-5)30-6;1-7-8-9-10-11-12-13-14-15-16-17-18-20-23(2,3)21-19-22-27(24-4,25-5)26-6;1-14(2,3)13-9-7-8-12(10-13)11-18(15-4,16-5)17-6;1-10(2,3)8-7-9-14(11-4,12-5)13-6;;;;/h7-26H2,1-6H3;7-22H2,1-6H3;7-10H,11H2,1-6H3;7-9H2,1-6H3;4*1H/q4*+1;;;;/p-3. The molecule has 0 aliphatic rings. The Morgan fingerprint density at radius 3 is 0.734 bits per heavy atom. The summed E-state index contributed by atoms with van der Waals surface area (Å²) in [7, 11) is 32.8. The number of unbranched alkanes of at least 4 members (excludes halogenated alkanes) is 26. The Hall–Kier alpha value is 0.608. The van der Waals surface area contributed by atoms with Crippen LogP contribution in [-0.2, 0) is 59.2 Å². The minimum absolute atomic E-state index is 0. The third kappa shape index (κ3) is 58.1. The van der Waals surface area contributed by atoms with Crippen molar-refractivity contribution in [3.8, 4) is 0 Å². The summed E-state index contributed by atoms with van der Waals surface area (Å²) in [4.78, 5) is 0. The first-order valence-corrected chi connectivity index (χ1v) is 43.4. The van der Waals surface area contributed by atoms with Crippen LogP contribution in [0.25, 0.3) is 0 Å². The highest BCUT2D eigenvalue weighted by Crippen LogP contribution is 2.24. The zero-order valence-corrected chi connectivity index (χ0v) is 72.9. The van der Waals surface area contributed by atoms with E-state index >= 15 is 0 Å². The van der Waals surface area contributed by atoms with Gasteiger partial charge in [-0.2, -0.15) is 0 Å². The Kier molecular flexibility index (Phi) is 75.4. The van der Waals surface area contributed by atoms with Crippen molar-refractivity contribution in [3.05, 3.63) is 29.8 Å². The third-order valence-corrected chi connectivity index (χ3v) is 29.1. The first kappa shape index (κ1) is 108. The SMILES string of the molecule is CCCCCCCCCCCCCCCCCC[N+](C)(C)CCC[Si](OC)(OC)OC.CCCCCCCCCCCCCC[N+](C)(C)CCC[Si](OC)(OC)OC.CO[Si](CCC[N+](C)(C)C)(OC)OC.CO[Si](Cc1cccc([N+](C)(C)C)c1)(OC)OC.Cl.[Cl-].[Cl-].[Cl-]. The van der Waals surface area contributed by atoms with E-state index in [1.807, 2.05) is 0 Å². The maximum atomic E-state index is 5.53. The van der Waals surface area contributed by atoms with Crippen molar-refractivity contribution in [1.29, 1.82) is 0 Å². The minimum atomic E-state index is -2.55. The van der Waals surface area contributed by atoms with E-state index in [-0.39, 0.29) is 49.6 Å². The predicted molar refractivity (Wildman–Crippen MR) is 400 cm³/mol. The molecule has 94 heavy (non-hydrogen) atoms. The summed E-state index contributed by atoms with van der Waals surface area (Å²) in [5.74, 6) is 0. The predicted octanol–water partition coefficient (Wildman–Crippen LogP) is 7.86. The molecule has 0 aliphatic heterocycles. The molecule has 0 N–H and O–H groups in total. The molecule has 0 spiro atoms. The van der Waals surface area contributed by atoms with Gasteiger partial charge in [-0.05, 0) is 37.3 Å². The van der Waals surface area contributed by atoms with E-state index in [2.05, 4.69) is 109 Å². The lowest BCUT2D eigenvalue weighted by atomic mass is 10.0. The lowest BCUT2D eigenvalue weighted by Gasteiger charge is -2.31. The quantitative estimate of drug-likeness (QED) is 0.0360. The summed E-state index contributed by atoms with van der Waals surface area (Å²) < 4.78 is 69.4. The van der Waals surface area contributed by atoms with Gasteiger partial charge in [0.25, 0.3) is 0 Å². The fourth-order valence-electron chi connectivity index (χ4n) is 11.4. The van der Waals surface area contributed by atoms with Crippen LogP contribution in [0.15, 0.2) is 24.3 Å². The van der Waals surface area contributed by atoms with Gasteiger partial charge in [0.15, 0.2) is 0 Å². The zero-order valence-electron chi connectivity index (χ0n) is 65.8. The molecule has 0 bridgehead atoms. The lowest BCUT2D eigenvalue weighted by molar-refractivity contribution is -0.890. The molecule has 0 radical (unpaired) electrons. The summed E-state index contributed by atoms with van der Waals surface area (Å²) in [6, 6.07) is 11.8. The van der Waals surface area contributed by atoms with Crippen LogP contribution in [0.1, 0.15) is 218 Å². The van der Waals surface area contributed by atoms with Gasteiger partial charge in [0.2, 0.25) is 0 Å². The fraction of sp³-hybridized carbons (Fsp3) is 0.914. The molecule has 0 atom stereocenters. The van der Waals surface area contributed by atoms with Crippen molar-refractivity contribution >= 4 is 53.3 Å². The number of hydrogen-bond acceptors (Lipinski definition) is 12. The number of benzene rings is 1. The molecule has 0 aliphatic carbocycles. The average Bonchev–Trinajstić information content (AvgIpc) is 0.854. The zero-order chi connectivity index (χ0) is 68.8. The van der Waals surface area contributed by atoms with Crippen molar-refractivity contribution in [2.75, 3.05) is 189 Å². The highest BCUT2D eigenvalue weighted by atomic mass is 35.5. The second-order valence-electron chi connectivity index (χ2n) is 28.3. The monoisotopic (exact) mass is 1500 g/mol. The van der Waals surface area contributed by atoms with E-state index in [4.69, 9.17) is 53.1 Å². The van der Waals surface area contributed by atoms with Crippen molar-refractivity contribution in [3.63, 3.8) is 0 Å². The van der Waals surface area contributed by atoms with E-state index in [1.54, 1.807) is 85.3 Å². The van der Waals surface area contributed by atoms with E-state index in [0.717, 1.165) is 75.0 Å². The normalized spacial score (nSPS) is 12.2. The molecule has 0 fully saturated rings. The Morgan fingerprint density at radius 1 is 0.287 bits per heavy atom. The molecular weight excluding hydrogens is 1340 g/mol. The highest BCUT2D eigenvalue weighted by Gasteiger charge is 2.40. The molecule has 1 aromatic carbocycles. The average molecular weight is 1500 g/mol. The van der Waals surface area contributed by atoms with Crippen LogP contribution < -0.4 is 41.7 Å². The van der Waals surface area contributed by atoms with Crippen molar-refractivity contribution in [2.24, 2.45) is 0 Å². The second-order valence-corrected chi connectivity index (χ2v) is 40.5. The molecule has 572 valence electrons. The lowest BCUT2D eigenvalue weighted by Crippen LogP contribution is -3.00. The van der Waals surface area contributed by atoms with Crippen LogP contribution in [0.5, 0.6) is 0 Å². The van der Waals surface area contributed by atoms with Crippen LogP contribution in [0.3, 0.4) is 0 Å². The molecule has 1 aromatic rings. The van der Waals surface area contributed by atoms with Crippen molar-refractivity contribution in [1.82, 2.24) is 4.48 Å². The maximum Gasteiger partial charge on any atom is 0.504 e. The molecule has 16 nitrogen and oxygen atoms in total. The number of hydrogen-bond donors (Lipinski definition) is 0. The van der Waals surface area contributed by atoms with Crippen LogP contribution >= 0.6 is 12.4 Å². The summed E-state index contributed by atoms with van der Waals surface area (Å²) in [5, 5.41) is 0. The van der Waals surface area contributed by atoms with E-state index < -0.39 is 35.2 Å². The Balaban J connectivity index is -0.000000220. The molecule has 24 heteroatoms. The number of rotatable bonds is 57. The summed E-state index contributed by atoms with van der Waals surface area (Å²) in [6.45, 7) is 10.5. The Labute approximate surface area is 613 Å². The molecule has 0 amide bonds. The molecular formula is C70H157Cl4N4O12Si4+. The van der Waals surface area contributed by atoms with E-state index in [0.29, 0.717) is 6.04 Å². The maximum absolute atomic E-state index is 5.53. The highest BCUT2D eigenvalue weighted by molar-refractivity contribution is 6.61. The van der Waals surface area contributed by atoms with Gasteiger partial charge < -0.3 is 104 Å². The van der Waals surface area contributed by atoms with Gasteiger partial charge >= 0.3 is 35.2 Å². The molecule has 0 unspecified atom stereocenters. The second kappa shape index (κ2) is 65.6. The van der Waals surface area contributed by atoms with Crippen molar-refractivity contribution < 1.29 is 104 Å². The Bertz CT molecular complexity index is 1710. The molecule has 1 rings (SSSR count). The molecule has 0 heterocycles. The third-order valence-electron chi connectivity index (χ3n) is 17.9. The molecule has 0 saturated carbocycles. The first-order chi connectivity index (χ1) is 42.7. The van der Waals surface area contributed by atoms with Crippen molar-refractivity contribution in [2.45, 2.75) is 237 Å². The van der Waals surface area contributed by atoms with Gasteiger partial charge in [-0.3, -0.25) is 4.48 Å². The number of halogens is 4. The number of quaternary nitrogens is 4. The van der Waals surface area contributed by atoms with Gasteiger partial charge in [0.05, 0.1) is 103 Å².